The predicted molar refractivity (Wildman–Crippen MR) is 131 cm³/mol. The van der Waals surface area contributed by atoms with Gasteiger partial charge < -0.3 is 9.47 Å². The van der Waals surface area contributed by atoms with Gasteiger partial charge in [-0.25, -0.2) is 0 Å². The standard InChI is InChI=1S/C29H42O2/c1-7-27(3,4)22-30-25-16-12-23(13-17-25)29(20-10-9-11-21-29)24-14-18-26(19-15-24)31-28(5,6)8-2/h12-19H,7-11,20-22H2,1-6H3. The van der Waals surface area contributed by atoms with Gasteiger partial charge in [-0.2, -0.15) is 0 Å². The summed E-state index contributed by atoms with van der Waals surface area (Å²) in [5.41, 5.74) is 3.00. The Balaban J connectivity index is 1.82. The van der Waals surface area contributed by atoms with Crippen LogP contribution in [0.5, 0.6) is 11.5 Å². The van der Waals surface area contributed by atoms with E-state index in [0.29, 0.717) is 0 Å². The fraction of sp³-hybridized carbons (Fsp3) is 0.586. The van der Waals surface area contributed by atoms with E-state index in [2.05, 4.69) is 90.1 Å². The van der Waals surface area contributed by atoms with E-state index in [-0.39, 0.29) is 16.4 Å². The molecule has 0 saturated heterocycles. The lowest BCUT2D eigenvalue weighted by Gasteiger charge is -2.39. The first kappa shape index (κ1) is 23.7. The van der Waals surface area contributed by atoms with Crippen LogP contribution in [-0.2, 0) is 5.41 Å². The van der Waals surface area contributed by atoms with Crippen LogP contribution in [0.25, 0.3) is 0 Å². The Hall–Kier alpha value is -1.96. The third-order valence-corrected chi connectivity index (χ3v) is 7.35. The van der Waals surface area contributed by atoms with Crippen molar-refractivity contribution in [1.29, 1.82) is 0 Å². The molecule has 1 fully saturated rings. The van der Waals surface area contributed by atoms with Gasteiger partial charge in [0, 0.05) is 5.41 Å². The first-order valence-electron chi connectivity index (χ1n) is 12.2. The van der Waals surface area contributed by atoms with Crippen LogP contribution in [0.1, 0.15) is 97.6 Å². The molecule has 0 heterocycles. The lowest BCUT2D eigenvalue weighted by molar-refractivity contribution is 0.105. The van der Waals surface area contributed by atoms with Gasteiger partial charge in [-0.3, -0.25) is 0 Å². The maximum absolute atomic E-state index is 6.19. The minimum Gasteiger partial charge on any atom is -0.493 e. The van der Waals surface area contributed by atoms with E-state index >= 15 is 0 Å². The second-order valence-corrected chi connectivity index (χ2v) is 10.7. The Kier molecular flexibility index (Phi) is 7.39. The Labute approximate surface area is 190 Å². The molecule has 2 aromatic rings. The van der Waals surface area contributed by atoms with Gasteiger partial charge in [0.25, 0.3) is 0 Å². The summed E-state index contributed by atoms with van der Waals surface area (Å²) in [5.74, 6) is 1.94. The van der Waals surface area contributed by atoms with Gasteiger partial charge in [0.05, 0.1) is 6.61 Å². The highest BCUT2D eigenvalue weighted by Crippen LogP contribution is 2.45. The lowest BCUT2D eigenvalue weighted by atomic mass is 9.65. The zero-order valence-electron chi connectivity index (χ0n) is 20.6. The summed E-state index contributed by atoms with van der Waals surface area (Å²) in [5, 5.41) is 0. The van der Waals surface area contributed by atoms with E-state index in [1.165, 1.54) is 43.2 Å². The normalized spacial score (nSPS) is 16.7. The first-order valence-corrected chi connectivity index (χ1v) is 12.2. The van der Waals surface area contributed by atoms with Crippen molar-refractivity contribution in [3.05, 3.63) is 59.7 Å². The lowest BCUT2D eigenvalue weighted by Crippen LogP contribution is -2.30. The highest BCUT2D eigenvalue weighted by Gasteiger charge is 2.35. The molecule has 0 spiro atoms. The van der Waals surface area contributed by atoms with Crippen molar-refractivity contribution >= 4 is 0 Å². The van der Waals surface area contributed by atoms with Crippen molar-refractivity contribution in [3.63, 3.8) is 0 Å². The molecule has 0 aliphatic heterocycles. The highest BCUT2D eigenvalue weighted by atomic mass is 16.5. The average molecular weight is 423 g/mol. The molecule has 2 nitrogen and oxygen atoms in total. The van der Waals surface area contributed by atoms with E-state index in [0.717, 1.165) is 30.9 Å². The molecule has 0 aromatic heterocycles. The van der Waals surface area contributed by atoms with Crippen molar-refractivity contribution in [3.8, 4) is 11.5 Å². The van der Waals surface area contributed by atoms with Gasteiger partial charge in [0.15, 0.2) is 0 Å². The Morgan fingerprint density at radius 2 is 1.23 bits per heavy atom. The van der Waals surface area contributed by atoms with Crippen molar-refractivity contribution in [2.24, 2.45) is 5.41 Å². The smallest absolute Gasteiger partial charge is 0.120 e. The third kappa shape index (κ3) is 5.84. The van der Waals surface area contributed by atoms with Gasteiger partial charge >= 0.3 is 0 Å². The van der Waals surface area contributed by atoms with Crippen LogP contribution in [0.2, 0.25) is 0 Å². The zero-order valence-corrected chi connectivity index (χ0v) is 20.6. The monoisotopic (exact) mass is 422 g/mol. The van der Waals surface area contributed by atoms with Crippen molar-refractivity contribution in [2.75, 3.05) is 6.61 Å². The number of benzene rings is 2. The summed E-state index contributed by atoms with van der Waals surface area (Å²) >= 11 is 0. The zero-order chi connectivity index (χ0) is 22.5. The van der Waals surface area contributed by atoms with E-state index in [1.807, 2.05) is 0 Å². The number of ether oxygens (including phenoxy) is 2. The second kappa shape index (κ2) is 9.67. The van der Waals surface area contributed by atoms with Gasteiger partial charge in [0.1, 0.15) is 17.1 Å². The maximum Gasteiger partial charge on any atom is 0.120 e. The minimum atomic E-state index is -0.133. The maximum atomic E-state index is 6.19. The fourth-order valence-electron chi connectivity index (χ4n) is 4.38. The molecule has 0 radical (unpaired) electrons. The number of hydrogen-bond acceptors (Lipinski definition) is 2. The summed E-state index contributed by atoms with van der Waals surface area (Å²) in [6, 6.07) is 17.8. The molecule has 3 rings (SSSR count). The molecule has 170 valence electrons. The Morgan fingerprint density at radius 1 is 0.710 bits per heavy atom. The van der Waals surface area contributed by atoms with Crippen molar-refractivity contribution < 1.29 is 9.47 Å². The SMILES string of the molecule is CCC(C)(C)COc1ccc(C2(c3ccc(OC(C)(C)CC)cc3)CCCCC2)cc1. The van der Waals surface area contributed by atoms with E-state index < -0.39 is 0 Å². The molecular formula is C29H42O2. The van der Waals surface area contributed by atoms with E-state index in [1.54, 1.807) is 0 Å². The molecule has 2 heteroatoms. The van der Waals surface area contributed by atoms with Crippen LogP contribution in [0, 0.1) is 5.41 Å². The van der Waals surface area contributed by atoms with Crippen LogP contribution in [-0.4, -0.2) is 12.2 Å². The van der Waals surface area contributed by atoms with Crippen molar-refractivity contribution in [2.45, 2.75) is 97.5 Å². The highest BCUT2D eigenvalue weighted by molar-refractivity contribution is 5.44. The summed E-state index contributed by atoms with van der Waals surface area (Å²) in [7, 11) is 0. The summed E-state index contributed by atoms with van der Waals surface area (Å²) in [4.78, 5) is 0. The summed E-state index contributed by atoms with van der Waals surface area (Å²) in [6.07, 6.45) is 8.41. The van der Waals surface area contributed by atoms with Crippen LogP contribution in [0.15, 0.2) is 48.5 Å². The minimum absolute atomic E-state index is 0.0955. The van der Waals surface area contributed by atoms with Gasteiger partial charge in [-0.05, 0) is 80.3 Å². The fourth-order valence-corrected chi connectivity index (χ4v) is 4.38. The molecule has 0 unspecified atom stereocenters. The molecule has 31 heavy (non-hydrogen) atoms. The molecule has 0 amide bonds. The van der Waals surface area contributed by atoms with E-state index in [4.69, 9.17) is 9.47 Å². The summed E-state index contributed by atoms with van der Waals surface area (Å²) < 4.78 is 12.3. The van der Waals surface area contributed by atoms with Crippen LogP contribution < -0.4 is 9.47 Å². The quantitative estimate of drug-likeness (QED) is 0.404. The first-order chi connectivity index (χ1) is 14.7. The Morgan fingerprint density at radius 3 is 1.71 bits per heavy atom. The molecule has 0 atom stereocenters. The van der Waals surface area contributed by atoms with Gasteiger partial charge in [-0.1, -0.05) is 71.2 Å². The second-order valence-electron chi connectivity index (χ2n) is 10.7. The third-order valence-electron chi connectivity index (χ3n) is 7.35. The van der Waals surface area contributed by atoms with Gasteiger partial charge in [0.2, 0.25) is 0 Å². The van der Waals surface area contributed by atoms with Crippen molar-refractivity contribution in [1.82, 2.24) is 0 Å². The molecule has 1 aliphatic carbocycles. The average Bonchev–Trinajstić information content (AvgIpc) is 2.79. The largest absolute Gasteiger partial charge is 0.493 e. The molecular weight excluding hydrogens is 380 g/mol. The molecule has 2 aromatic carbocycles. The topological polar surface area (TPSA) is 18.5 Å². The van der Waals surface area contributed by atoms with Crippen LogP contribution >= 0.6 is 0 Å². The number of rotatable bonds is 9. The van der Waals surface area contributed by atoms with Gasteiger partial charge in [-0.15, -0.1) is 0 Å². The Bertz CT molecular complexity index is 809. The van der Waals surface area contributed by atoms with Crippen LogP contribution in [0.4, 0.5) is 0 Å². The molecule has 0 N–H and O–H groups in total. The summed E-state index contributed by atoms with van der Waals surface area (Å²) in [6.45, 7) is 14.0. The molecule has 0 bridgehead atoms. The molecule has 1 saturated carbocycles. The predicted octanol–water partition coefficient (Wildman–Crippen LogP) is 8.32. The van der Waals surface area contributed by atoms with E-state index in [9.17, 15) is 0 Å². The van der Waals surface area contributed by atoms with Crippen LogP contribution in [0.3, 0.4) is 0 Å². The molecule has 1 aliphatic rings. The number of hydrogen-bond donors (Lipinski definition) is 0.